The van der Waals surface area contributed by atoms with Gasteiger partial charge < -0.3 is 0 Å². The van der Waals surface area contributed by atoms with Crippen molar-refractivity contribution in [2.24, 2.45) is 0 Å². The maximum atomic E-state index is 13.3. The molecule has 0 saturated heterocycles. The molecule has 3 aromatic carbocycles. The van der Waals surface area contributed by atoms with Gasteiger partial charge in [-0.1, -0.05) is 60.2 Å². The highest BCUT2D eigenvalue weighted by molar-refractivity contribution is 7.92. The third kappa shape index (κ3) is 4.92. The van der Waals surface area contributed by atoms with E-state index in [0.717, 1.165) is 11.6 Å². The van der Waals surface area contributed by atoms with E-state index in [-0.39, 0.29) is 21.7 Å². The van der Waals surface area contributed by atoms with E-state index >= 15 is 0 Å². The number of sulfone groups is 1. The molecule has 0 spiro atoms. The van der Waals surface area contributed by atoms with Crippen molar-refractivity contribution in [3.8, 4) is 0 Å². The first kappa shape index (κ1) is 22.0. The third-order valence-electron chi connectivity index (χ3n) is 4.82. The number of hydrogen-bond donors (Lipinski definition) is 0. The number of nitro groups is 1. The Kier molecular flexibility index (Phi) is 6.41. The lowest BCUT2D eigenvalue weighted by Crippen LogP contribution is -2.33. The van der Waals surface area contributed by atoms with Crippen LogP contribution in [-0.2, 0) is 9.84 Å². The van der Waals surface area contributed by atoms with E-state index < -0.39 is 38.0 Å². The van der Waals surface area contributed by atoms with Crippen LogP contribution < -0.4 is 0 Å². The number of Topliss-reactive ketones (excluding diaryl/α,β-unsaturated/α-hetero) is 2. The Bertz CT molecular complexity index is 1230. The molecule has 0 unspecified atom stereocenters. The van der Waals surface area contributed by atoms with Crippen molar-refractivity contribution in [1.29, 1.82) is 0 Å². The number of benzene rings is 3. The number of carbonyl (C=O) groups excluding carboxylic acids is 2. The molecule has 158 valence electrons. The highest BCUT2D eigenvalue weighted by Gasteiger charge is 2.37. The first-order valence-corrected chi connectivity index (χ1v) is 10.9. The molecular weight excluding hydrogens is 418 g/mol. The van der Waals surface area contributed by atoms with Gasteiger partial charge in [-0.25, -0.2) is 8.42 Å². The lowest BCUT2D eigenvalue weighted by Gasteiger charge is -2.17. The molecule has 31 heavy (non-hydrogen) atoms. The van der Waals surface area contributed by atoms with E-state index in [2.05, 4.69) is 0 Å². The Labute approximate surface area is 179 Å². The first-order valence-electron chi connectivity index (χ1n) is 9.37. The number of rotatable bonds is 8. The molecule has 0 radical (unpaired) electrons. The standard InChI is InChI=1S/C23H19NO6S/c1-16-10-12-20(13-11-16)31(29,30)22(15-21(25)17-6-3-2-4-7-17)23(26)18-8-5-9-19(14-18)24(27)28/h2-14,22H,15H2,1H3/t22-/m1/s1. The number of hydrogen-bond acceptors (Lipinski definition) is 6. The zero-order valence-corrected chi connectivity index (χ0v) is 17.4. The number of aryl methyl sites for hydroxylation is 1. The molecule has 0 fully saturated rings. The van der Waals surface area contributed by atoms with Gasteiger partial charge in [-0.3, -0.25) is 19.7 Å². The van der Waals surface area contributed by atoms with Gasteiger partial charge in [-0.2, -0.15) is 0 Å². The van der Waals surface area contributed by atoms with Crippen molar-refractivity contribution in [2.45, 2.75) is 23.5 Å². The fourth-order valence-electron chi connectivity index (χ4n) is 3.10. The molecule has 7 nitrogen and oxygen atoms in total. The van der Waals surface area contributed by atoms with Gasteiger partial charge in [0, 0.05) is 29.7 Å². The van der Waals surface area contributed by atoms with Gasteiger partial charge in [-0.05, 0) is 19.1 Å². The summed E-state index contributed by atoms with van der Waals surface area (Å²) in [5.41, 5.74) is 0.627. The molecule has 8 heteroatoms. The monoisotopic (exact) mass is 437 g/mol. The predicted octanol–water partition coefficient (Wildman–Crippen LogP) is 4.20. The highest BCUT2D eigenvalue weighted by Crippen LogP contribution is 2.25. The van der Waals surface area contributed by atoms with Crippen molar-refractivity contribution in [3.05, 3.63) is 106 Å². The molecule has 3 rings (SSSR count). The molecular formula is C23H19NO6S. The van der Waals surface area contributed by atoms with Gasteiger partial charge in [0.2, 0.25) is 0 Å². The first-order chi connectivity index (χ1) is 14.7. The summed E-state index contributed by atoms with van der Waals surface area (Å²) in [6, 6.07) is 18.9. The van der Waals surface area contributed by atoms with Crippen LogP contribution in [0.2, 0.25) is 0 Å². The number of nitrogens with zero attached hydrogens (tertiary/aromatic N) is 1. The van der Waals surface area contributed by atoms with Gasteiger partial charge in [-0.15, -0.1) is 0 Å². The molecule has 0 saturated carbocycles. The number of carbonyl (C=O) groups is 2. The summed E-state index contributed by atoms with van der Waals surface area (Å²) < 4.78 is 26.7. The van der Waals surface area contributed by atoms with Gasteiger partial charge in [0.25, 0.3) is 5.69 Å². The van der Waals surface area contributed by atoms with E-state index in [9.17, 15) is 28.1 Å². The lowest BCUT2D eigenvalue weighted by molar-refractivity contribution is -0.384. The molecule has 0 aliphatic rings. The summed E-state index contributed by atoms with van der Waals surface area (Å²) in [5, 5.41) is 9.36. The second kappa shape index (κ2) is 9.01. The Morgan fingerprint density at radius 2 is 1.52 bits per heavy atom. The van der Waals surface area contributed by atoms with E-state index in [1.807, 2.05) is 0 Å². The molecule has 0 aliphatic carbocycles. The van der Waals surface area contributed by atoms with Crippen molar-refractivity contribution < 1.29 is 22.9 Å². The summed E-state index contributed by atoms with van der Waals surface area (Å²) in [6.45, 7) is 1.79. The summed E-state index contributed by atoms with van der Waals surface area (Å²) in [4.78, 5) is 36.3. The molecule has 0 heterocycles. The van der Waals surface area contributed by atoms with Crippen molar-refractivity contribution >= 4 is 27.1 Å². The van der Waals surface area contributed by atoms with Crippen LogP contribution in [-0.4, -0.2) is 30.2 Å². The number of non-ortho nitro benzene ring substituents is 1. The van der Waals surface area contributed by atoms with Crippen LogP contribution in [0.3, 0.4) is 0 Å². The van der Waals surface area contributed by atoms with Crippen LogP contribution in [0.5, 0.6) is 0 Å². The summed E-state index contributed by atoms with van der Waals surface area (Å²) in [6.07, 6.45) is -0.582. The van der Waals surface area contributed by atoms with E-state index in [4.69, 9.17) is 0 Å². The van der Waals surface area contributed by atoms with Crippen molar-refractivity contribution in [3.63, 3.8) is 0 Å². The molecule has 1 atom stereocenters. The van der Waals surface area contributed by atoms with Gasteiger partial charge >= 0.3 is 0 Å². The summed E-state index contributed by atoms with van der Waals surface area (Å²) in [7, 11) is -4.24. The lowest BCUT2D eigenvalue weighted by atomic mass is 10.0. The maximum Gasteiger partial charge on any atom is 0.270 e. The highest BCUT2D eigenvalue weighted by atomic mass is 32.2. The fraction of sp³-hybridized carbons (Fsp3) is 0.130. The second-order valence-electron chi connectivity index (χ2n) is 7.01. The van der Waals surface area contributed by atoms with Gasteiger partial charge in [0.05, 0.1) is 9.82 Å². The average Bonchev–Trinajstić information content (AvgIpc) is 2.77. The van der Waals surface area contributed by atoms with Crippen LogP contribution in [0.15, 0.2) is 83.8 Å². The minimum atomic E-state index is -4.24. The van der Waals surface area contributed by atoms with E-state index in [0.29, 0.717) is 0 Å². The van der Waals surface area contributed by atoms with E-state index in [1.165, 1.54) is 42.5 Å². The average molecular weight is 437 g/mol. The van der Waals surface area contributed by atoms with Gasteiger partial charge in [0.1, 0.15) is 5.25 Å². The zero-order valence-electron chi connectivity index (χ0n) is 16.6. The molecule has 0 N–H and O–H groups in total. The van der Waals surface area contributed by atoms with Crippen LogP contribution in [0, 0.1) is 17.0 Å². The Balaban J connectivity index is 2.06. The Morgan fingerprint density at radius 1 is 0.903 bits per heavy atom. The molecule has 0 amide bonds. The summed E-state index contributed by atoms with van der Waals surface area (Å²) in [5.74, 6) is -1.38. The molecule has 3 aromatic rings. The van der Waals surface area contributed by atoms with Crippen molar-refractivity contribution in [1.82, 2.24) is 0 Å². The third-order valence-corrected chi connectivity index (χ3v) is 6.88. The maximum absolute atomic E-state index is 13.3. The molecule has 0 aromatic heterocycles. The Hall–Kier alpha value is -3.65. The van der Waals surface area contributed by atoms with Crippen LogP contribution >= 0.6 is 0 Å². The smallest absolute Gasteiger partial charge is 0.270 e. The topological polar surface area (TPSA) is 111 Å². The van der Waals surface area contributed by atoms with Crippen LogP contribution in [0.4, 0.5) is 5.69 Å². The number of ketones is 2. The van der Waals surface area contributed by atoms with E-state index in [1.54, 1.807) is 37.3 Å². The number of nitro benzene ring substituents is 1. The minimum absolute atomic E-state index is 0.0947. The fourth-order valence-corrected chi connectivity index (χ4v) is 4.74. The molecule has 0 bridgehead atoms. The second-order valence-corrected chi connectivity index (χ2v) is 9.14. The largest absolute Gasteiger partial charge is 0.294 e. The summed E-state index contributed by atoms with van der Waals surface area (Å²) >= 11 is 0. The van der Waals surface area contributed by atoms with Gasteiger partial charge in [0.15, 0.2) is 21.4 Å². The van der Waals surface area contributed by atoms with Crippen LogP contribution in [0.1, 0.15) is 32.7 Å². The quantitative estimate of drug-likeness (QED) is 0.297. The SMILES string of the molecule is Cc1ccc(S(=O)(=O)[C@H](CC(=O)c2ccccc2)C(=O)c2cccc([N+](=O)[O-])c2)cc1. The predicted molar refractivity (Wildman–Crippen MR) is 115 cm³/mol. The van der Waals surface area contributed by atoms with Crippen molar-refractivity contribution in [2.75, 3.05) is 0 Å². The Morgan fingerprint density at radius 3 is 2.13 bits per heavy atom. The molecule has 0 aliphatic heterocycles. The van der Waals surface area contributed by atoms with Crippen LogP contribution in [0.25, 0.3) is 0 Å². The normalized spacial score (nSPS) is 12.2. The zero-order chi connectivity index (χ0) is 22.6. The minimum Gasteiger partial charge on any atom is -0.294 e.